The van der Waals surface area contributed by atoms with Crippen molar-refractivity contribution in [3.8, 4) is 5.75 Å². The van der Waals surface area contributed by atoms with Gasteiger partial charge < -0.3 is 14.6 Å². The lowest BCUT2D eigenvalue weighted by molar-refractivity contribution is 0.150. The van der Waals surface area contributed by atoms with Crippen LogP contribution in [0.25, 0.3) is 22.7 Å². The molecule has 6 rings (SSSR count). The lowest BCUT2D eigenvalue weighted by atomic mass is 9.92. The quantitative estimate of drug-likeness (QED) is 0.472. The highest BCUT2D eigenvalue weighted by Crippen LogP contribution is 2.38. The van der Waals surface area contributed by atoms with E-state index >= 15 is 0 Å². The van der Waals surface area contributed by atoms with E-state index in [4.69, 9.17) is 4.74 Å². The number of hydrogen-bond acceptors (Lipinski definition) is 4. The Hall–Kier alpha value is -3.68. The third-order valence-electron chi connectivity index (χ3n) is 7.27. The third-order valence-corrected chi connectivity index (χ3v) is 7.27. The van der Waals surface area contributed by atoms with Crippen LogP contribution in [0.5, 0.6) is 5.75 Å². The predicted molar refractivity (Wildman–Crippen MR) is 141 cm³/mol. The summed E-state index contributed by atoms with van der Waals surface area (Å²) in [6.45, 7) is 6.08. The molecule has 3 heterocycles. The molecule has 184 valence electrons. The number of nitrogens with one attached hydrogen (secondary N) is 1. The number of halogens is 1. The molecule has 0 spiro atoms. The van der Waals surface area contributed by atoms with Crippen LogP contribution in [-0.4, -0.2) is 59.1 Å². The number of aromatic amines is 1. The van der Waals surface area contributed by atoms with Crippen LogP contribution in [0.3, 0.4) is 0 Å². The molecule has 36 heavy (non-hydrogen) atoms. The van der Waals surface area contributed by atoms with Crippen LogP contribution in [0.15, 0.2) is 65.5 Å². The number of H-pyrrole nitrogens is 1. The lowest BCUT2D eigenvalue weighted by Crippen LogP contribution is -2.45. The summed E-state index contributed by atoms with van der Waals surface area (Å²) < 4.78 is 21.8. The van der Waals surface area contributed by atoms with Gasteiger partial charge in [0, 0.05) is 50.9 Å². The van der Waals surface area contributed by atoms with Gasteiger partial charge in [-0.25, -0.2) is 9.18 Å². The van der Waals surface area contributed by atoms with Crippen molar-refractivity contribution in [1.82, 2.24) is 19.4 Å². The van der Waals surface area contributed by atoms with Gasteiger partial charge in [0.15, 0.2) is 0 Å². The summed E-state index contributed by atoms with van der Waals surface area (Å²) in [6.07, 6.45) is 2.09. The Labute approximate surface area is 209 Å². The van der Waals surface area contributed by atoms with Crippen molar-refractivity contribution in [1.29, 1.82) is 0 Å². The summed E-state index contributed by atoms with van der Waals surface area (Å²) in [4.78, 5) is 20.6. The molecule has 0 unspecified atom stereocenters. The molecule has 3 aromatic carbocycles. The van der Waals surface area contributed by atoms with E-state index in [2.05, 4.69) is 34.0 Å². The molecule has 0 aliphatic carbocycles. The maximum absolute atomic E-state index is 14.0. The van der Waals surface area contributed by atoms with Gasteiger partial charge in [-0.1, -0.05) is 30.3 Å². The normalized spacial score (nSPS) is 17.6. The monoisotopic (exact) mass is 484 g/mol. The molecule has 1 fully saturated rings. The fourth-order valence-corrected chi connectivity index (χ4v) is 5.18. The van der Waals surface area contributed by atoms with Crippen molar-refractivity contribution < 1.29 is 9.13 Å². The van der Waals surface area contributed by atoms with E-state index < -0.39 is 0 Å². The third kappa shape index (κ3) is 4.36. The molecule has 1 saturated heterocycles. The van der Waals surface area contributed by atoms with E-state index in [0.29, 0.717) is 18.9 Å². The highest BCUT2D eigenvalue weighted by Gasteiger charge is 2.20. The molecular formula is C29H29FN4O2. The van der Waals surface area contributed by atoms with Crippen molar-refractivity contribution in [2.24, 2.45) is 0 Å². The molecule has 7 heteroatoms. The van der Waals surface area contributed by atoms with E-state index in [9.17, 15) is 9.18 Å². The number of fused-ring (bicyclic) bond motifs is 3. The second-order valence-corrected chi connectivity index (χ2v) is 9.65. The topological polar surface area (TPSA) is 53.5 Å². The molecule has 0 atom stereocenters. The first-order valence-electron chi connectivity index (χ1n) is 12.4. The Balaban J connectivity index is 1.35. The molecular weight excluding hydrogens is 455 g/mol. The molecule has 4 aromatic rings. The number of rotatable bonds is 4. The van der Waals surface area contributed by atoms with E-state index in [-0.39, 0.29) is 11.5 Å². The molecule has 0 amide bonds. The SMILES string of the molecule is CN1CCN(CCn2c(=O)[nH]c3cc(C=C4c5ccccc5COc5cc(F)ccc54)ccc32)CC1. The number of hydrogen-bond donors (Lipinski definition) is 1. The van der Waals surface area contributed by atoms with E-state index in [1.54, 1.807) is 6.07 Å². The van der Waals surface area contributed by atoms with Crippen molar-refractivity contribution >= 4 is 22.7 Å². The van der Waals surface area contributed by atoms with E-state index in [0.717, 1.165) is 71.6 Å². The van der Waals surface area contributed by atoms with Crippen LogP contribution >= 0.6 is 0 Å². The molecule has 1 N–H and O–H groups in total. The van der Waals surface area contributed by atoms with Crippen LogP contribution < -0.4 is 10.4 Å². The van der Waals surface area contributed by atoms with E-state index in [1.165, 1.54) is 12.1 Å². The molecule has 2 aliphatic heterocycles. The second-order valence-electron chi connectivity index (χ2n) is 9.65. The number of ether oxygens (including phenoxy) is 1. The lowest BCUT2D eigenvalue weighted by Gasteiger charge is -2.32. The minimum atomic E-state index is -0.323. The number of piperazine rings is 1. The van der Waals surface area contributed by atoms with Gasteiger partial charge >= 0.3 is 5.69 Å². The highest BCUT2D eigenvalue weighted by molar-refractivity contribution is 5.95. The minimum Gasteiger partial charge on any atom is -0.488 e. The van der Waals surface area contributed by atoms with Crippen molar-refractivity contribution in [3.05, 3.63) is 99.2 Å². The number of likely N-dealkylation sites (N-methyl/N-ethyl adjacent to an activating group) is 1. The number of imidazole rings is 1. The van der Waals surface area contributed by atoms with Gasteiger partial charge in [0.05, 0.1) is 11.0 Å². The summed E-state index contributed by atoms with van der Waals surface area (Å²) in [6, 6.07) is 18.8. The Kier molecular flexibility index (Phi) is 5.95. The molecule has 0 radical (unpaired) electrons. The van der Waals surface area contributed by atoms with Gasteiger partial charge in [0.25, 0.3) is 0 Å². The van der Waals surface area contributed by atoms with Gasteiger partial charge in [0.1, 0.15) is 18.2 Å². The largest absolute Gasteiger partial charge is 0.488 e. The summed E-state index contributed by atoms with van der Waals surface area (Å²) in [5.41, 5.74) is 6.50. The summed E-state index contributed by atoms with van der Waals surface area (Å²) in [5.74, 6) is 0.206. The number of benzene rings is 3. The summed E-state index contributed by atoms with van der Waals surface area (Å²) >= 11 is 0. The Morgan fingerprint density at radius 3 is 2.67 bits per heavy atom. The van der Waals surface area contributed by atoms with Crippen molar-refractivity contribution in [2.75, 3.05) is 39.8 Å². The first-order chi connectivity index (χ1) is 17.5. The minimum absolute atomic E-state index is 0.0852. The van der Waals surface area contributed by atoms with Crippen LogP contribution in [0, 0.1) is 5.82 Å². The van der Waals surface area contributed by atoms with Crippen LogP contribution in [0.1, 0.15) is 22.3 Å². The average Bonchev–Trinajstić information content (AvgIpc) is 3.11. The van der Waals surface area contributed by atoms with Gasteiger partial charge in [0.2, 0.25) is 0 Å². The second kappa shape index (κ2) is 9.41. The first kappa shape index (κ1) is 22.8. The summed E-state index contributed by atoms with van der Waals surface area (Å²) in [7, 11) is 2.14. The van der Waals surface area contributed by atoms with Crippen molar-refractivity contribution in [3.63, 3.8) is 0 Å². The van der Waals surface area contributed by atoms with Crippen LogP contribution in [0.2, 0.25) is 0 Å². The van der Waals surface area contributed by atoms with Gasteiger partial charge in [-0.3, -0.25) is 9.47 Å². The maximum atomic E-state index is 14.0. The zero-order valence-corrected chi connectivity index (χ0v) is 20.3. The molecule has 6 nitrogen and oxygen atoms in total. The van der Waals surface area contributed by atoms with Crippen LogP contribution in [0.4, 0.5) is 4.39 Å². The fraction of sp³-hybridized carbons (Fsp3) is 0.276. The Bertz CT molecular complexity index is 1510. The zero-order chi connectivity index (χ0) is 24.6. The Morgan fingerprint density at radius 1 is 0.972 bits per heavy atom. The molecule has 2 aliphatic rings. The summed E-state index contributed by atoms with van der Waals surface area (Å²) in [5, 5.41) is 0. The van der Waals surface area contributed by atoms with Gasteiger partial charge in [-0.2, -0.15) is 0 Å². The zero-order valence-electron chi connectivity index (χ0n) is 20.3. The fourth-order valence-electron chi connectivity index (χ4n) is 5.18. The predicted octanol–water partition coefficient (Wildman–Crippen LogP) is 4.20. The molecule has 1 aromatic heterocycles. The standard InChI is InChI=1S/C29H29FN4O2/c1-32-10-12-33(13-11-32)14-15-34-27-9-6-20(17-26(27)31-29(34)35)16-25-23-5-3-2-4-21(23)19-36-28-18-22(30)7-8-24(25)28/h2-9,16-18H,10-15,19H2,1H3,(H,31,35). The average molecular weight is 485 g/mol. The molecule has 0 saturated carbocycles. The number of aromatic nitrogens is 2. The Morgan fingerprint density at radius 2 is 1.81 bits per heavy atom. The molecule has 0 bridgehead atoms. The smallest absolute Gasteiger partial charge is 0.326 e. The highest BCUT2D eigenvalue weighted by atomic mass is 19.1. The van der Waals surface area contributed by atoms with Gasteiger partial charge in [-0.15, -0.1) is 0 Å². The number of nitrogens with zero attached hydrogens (tertiary/aromatic N) is 3. The van der Waals surface area contributed by atoms with Crippen molar-refractivity contribution in [2.45, 2.75) is 13.2 Å². The van der Waals surface area contributed by atoms with Crippen LogP contribution in [-0.2, 0) is 13.2 Å². The van der Waals surface area contributed by atoms with Gasteiger partial charge in [-0.05, 0) is 59.7 Å². The maximum Gasteiger partial charge on any atom is 0.326 e. The first-order valence-corrected chi connectivity index (χ1v) is 12.4. The van der Waals surface area contributed by atoms with E-state index in [1.807, 2.05) is 41.0 Å².